The Morgan fingerprint density at radius 3 is 2.44 bits per heavy atom. The lowest BCUT2D eigenvalue weighted by molar-refractivity contribution is 0.0916. The quantitative estimate of drug-likeness (QED) is 0.335. The number of pyridine rings is 1. The Hall–Kier alpha value is -3.58. The van der Waals surface area contributed by atoms with Crippen molar-refractivity contribution in [2.75, 3.05) is 20.0 Å². The van der Waals surface area contributed by atoms with Gasteiger partial charge in [0.1, 0.15) is 21.2 Å². The van der Waals surface area contributed by atoms with Crippen molar-refractivity contribution >= 4 is 33.1 Å². The van der Waals surface area contributed by atoms with Crippen LogP contribution in [0, 0.1) is 0 Å². The number of benzene rings is 2. The van der Waals surface area contributed by atoms with E-state index in [4.69, 9.17) is 20.2 Å². The number of nitrogens with two attached hydrogens (primary N) is 1. The van der Waals surface area contributed by atoms with Crippen LogP contribution >= 0.6 is 11.3 Å². The van der Waals surface area contributed by atoms with Crippen LogP contribution in [0.2, 0.25) is 0 Å². The van der Waals surface area contributed by atoms with Gasteiger partial charge in [-0.15, -0.1) is 11.3 Å². The fraction of sp³-hybridized carbons (Fsp3) is 0.259. The molecular weight excluding hydrogens is 446 g/mol. The third-order valence-corrected chi connectivity index (χ3v) is 7.11. The molecule has 0 aliphatic rings. The van der Waals surface area contributed by atoms with E-state index in [0.29, 0.717) is 26.9 Å². The number of carbonyl (C=O) groups is 1. The molecule has 0 bridgehead atoms. The Morgan fingerprint density at radius 1 is 1.06 bits per heavy atom. The van der Waals surface area contributed by atoms with Crippen molar-refractivity contribution in [1.82, 2.24) is 10.3 Å². The van der Waals surface area contributed by atoms with Crippen LogP contribution in [0.25, 0.3) is 32.6 Å². The van der Waals surface area contributed by atoms with E-state index in [1.807, 2.05) is 75.4 Å². The number of fused-ring (bicyclic) bond motifs is 1. The molecular formula is C27H29N3O3S. The van der Waals surface area contributed by atoms with Crippen molar-refractivity contribution in [2.24, 2.45) is 0 Å². The largest absolute Gasteiger partial charge is 0.497 e. The fourth-order valence-corrected chi connectivity index (χ4v) is 4.75. The molecule has 0 fully saturated rings. The highest BCUT2D eigenvalue weighted by Gasteiger charge is 2.26. The molecule has 0 unspecified atom stereocenters. The van der Waals surface area contributed by atoms with E-state index in [1.165, 1.54) is 11.3 Å². The molecule has 0 aliphatic carbocycles. The normalized spacial score (nSPS) is 11.4. The number of thiophene rings is 1. The number of amides is 1. The van der Waals surface area contributed by atoms with Gasteiger partial charge in [-0.2, -0.15) is 0 Å². The second-order valence-corrected chi connectivity index (χ2v) is 9.70. The lowest BCUT2D eigenvalue weighted by atomic mass is 9.98. The van der Waals surface area contributed by atoms with Crippen LogP contribution in [0.15, 0.2) is 54.6 Å². The molecule has 0 atom stereocenters. The predicted molar refractivity (Wildman–Crippen MR) is 140 cm³/mol. The molecule has 0 spiro atoms. The highest BCUT2D eigenvalue weighted by atomic mass is 32.1. The first-order chi connectivity index (χ1) is 16.3. The molecule has 2 aromatic heterocycles. The van der Waals surface area contributed by atoms with Gasteiger partial charge in [-0.05, 0) is 44.5 Å². The van der Waals surface area contributed by atoms with E-state index >= 15 is 0 Å². The molecule has 0 saturated carbocycles. The molecule has 0 saturated heterocycles. The van der Waals surface area contributed by atoms with Gasteiger partial charge in [-0.1, -0.05) is 37.3 Å². The second kappa shape index (κ2) is 9.35. The molecule has 7 heteroatoms. The maximum Gasteiger partial charge on any atom is 0.263 e. The molecule has 1 amide bonds. The van der Waals surface area contributed by atoms with Crippen molar-refractivity contribution in [3.63, 3.8) is 0 Å². The summed E-state index contributed by atoms with van der Waals surface area (Å²) in [5.74, 6) is 1.17. The minimum atomic E-state index is -0.346. The van der Waals surface area contributed by atoms with Gasteiger partial charge in [0.05, 0.1) is 25.6 Å². The number of nitrogens with zero attached hydrogens (tertiary/aromatic N) is 1. The third kappa shape index (κ3) is 4.43. The van der Waals surface area contributed by atoms with E-state index in [0.717, 1.165) is 34.2 Å². The van der Waals surface area contributed by atoms with Crippen LogP contribution in [0.5, 0.6) is 11.5 Å². The van der Waals surface area contributed by atoms with E-state index in [9.17, 15) is 4.79 Å². The monoisotopic (exact) mass is 475 g/mol. The lowest BCUT2D eigenvalue weighted by Crippen LogP contribution is -2.42. The van der Waals surface area contributed by atoms with Crippen LogP contribution < -0.4 is 20.5 Å². The van der Waals surface area contributed by atoms with Gasteiger partial charge < -0.3 is 20.5 Å². The molecule has 4 aromatic rings. The van der Waals surface area contributed by atoms with Gasteiger partial charge >= 0.3 is 0 Å². The maximum absolute atomic E-state index is 13.2. The maximum atomic E-state index is 13.2. The first-order valence-electron chi connectivity index (χ1n) is 11.1. The first kappa shape index (κ1) is 23.6. The summed E-state index contributed by atoms with van der Waals surface area (Å²) in [7, 11) is 3.25. The summed E-state index contributed by atoms with van der Waals surface area (Å²) in [5, 5.41) is 3.82. The molecule has 2 aromatic carbocycles. The first-order valence-corrected chi connectivity index (χ1v) is 11.9. The van der Waals surface area contributed by atoms with Crippen molar-refractivity contribution in [3.05, 3.63) is 59.5 Å². The zero-order valence-electron chi connectivity index (χ0n) is 20.1. The van der Waals surface area contributed by atoms with Gasteiger partial charge in [-0.25, -0.2) is 4.98 Å². The van der Waals surface area contributed by atoms with Crippen LogP contribution in [-0.4, -0.2) is 30.6 Å². The Bertz CT molecular complexity index is 1350. The molecule has 0 aliphatic heterocycles. The van der Waals surface area contributed by atoms with Crippen LogP contribution in [0.1, 0.15) is 36.9 Å². The van der Waals surface area contributed by atoms with E-state index in [1.54, 1.807) is 14.2 Å². The number of nitrogens with one attached hydrogen (secondary N) is 1. The van der Waals surface area contributed by atoms with E-state index in [2.05, 4.69) is 5.32 Å². The number of carbonyl (C=O) groups excluding carboxylic acids is 1. The van der Waals surface area contributed by atoms with Gasteiger partial charge in [0.25, 0.3) is 5.91 Å². The van der Waals surface area contributed by atoms with Crippen LogP contribution in [0.4, 0.5) is 5.69 Å². The number of hydrogen-bond acceptors (Lipinski definition) is 6. The summed E-state index contributed by atoms with van der Waals surface area (Å²) in [6, 6.07) is 17.6. The predicted octanol–water partition coefficient (Wildman–Crippen LogP) is 6.15. The molecule has 0 radical (unpaired) electrons. The molecule has 6 nitrogen and oxygen atoms in total. The Morgan fingerprint density at radius 2 is 1.79 bits per heavy atom. The van der Waals surface area contributed by atoms with Gasteiger partial charge in [0.2, 0.25) is 0 Å². The number of rotatable bonds is 7. The SMILES string of the molecule is CCC(C)(C)NC(=O)c1sc2nc(-c3ccccc3)cc(-c3cc(OC)ccc3OC)c2c1N. The smallest absolute Gasteiger partial charge is 0.263 e. The van der Waals surface area contributed by atoms with E-state index in [-0.39, 0.29) is 11.4 Å². The van der Waals surface area contributed by atoms with Gasteiger partial charge in [-0.3, -0.25) is 4.79 Å². The number of methoxy groups -OCH3 is 2. The Kier molecular flexibility index (Phi) is 6.48. The molecule has 4 rings (SSSR count). The van der Waals surface area contributed by atoms with Crippen LogP contribution in [0.3, 0.4) is 0 Å². The summed E-state index contributed by atoms with van der Waals surface area (Å²) in [6.45, 7) is 6.02. The minimum Gasteiger partial charge on any atom is -0.497 e. The summed E-state index contributed by atoms with van der Waals surface area (Å²) < 4.78 is 11.2. The van der Waals surface area contributed by atoms with Crippen molar-refractivity contribution in [1.29, 1.82) is 0 Å². The number of hydrogen-bond donors (Lipinski definition) is 2. The summed E-state index contributed by atoms with van der Waals surface area (Å²) >= 11 is 1.30. The van der Waals surface area contributed by atoms with Crippen molar-refractivity contribution in [2.45, 2.75) is 32.7 Å². The Balaban J connectivity index is 2.00. The number of aromatic nitrogens is 1. The summed E-state index contributed by atoms with van der Waals surface area (Å²) in [4.78, 5) is 19.2. The highest BCUT2D eigenvalue weighted by molar-refractivity contribution is 7.21. The van der Waals surface area contributed by atoms with Gasteiger partial charge in [0.15, 0.2) is 0 Å². The van der Waals surface area contributed by atoms with Crippen molar-refractivity contribution < 1.29 is 14.3 Å². The van der Waals surface area contributed by atoms with E-state index < -0.39 is 0 Å². The molecule has 34 heavy (non-hydrogen) atoms. The average Bonchev–Trinajstić information content (AvgIpc) is 3.20. The second-order valence-electron chi connectivity index (χ2n) is 8.70. The summed E-state index contributed by atoms with van der Waals surface area (Å²) in [5.41, 5.74) is 10.1. The number of ether oxygens (including phenoxy) is 2. The van der Waals surface area contributed by atoms with Crippen LogP contribution in [-0.2, 0) is 0 Å². The van der Waals surface area contributed by atoms with Crippen molar-refractivity contribution in [3.8, 4) is 33.9 Å². The third-order valence-electron chi connectivity index (χ3n) is 6.01. The fourth-order valence-electron chi connectivity index (χ4n) is 3.74. The standard InChI is InChI=1S/C27H29N3O3S/c1-6-27(2,3)30-25(31)24-23(28)22-19(18-14-17(32-4)12-13-21(18)33-5)15-20(29-26(22)34-24)16-10-8-7-9-11-16/h7-15H,6,28H2,1-5H3,(H,30,31). The number of nitrogen functional groups attached to an aromatic ring is 1. The topological polar surface area (TPSA) is 86.5 Å². The zero-order valence-corrected chi connectivity index (χ0v) is 20.9. The minimum absolute atomic E-state index is 0.197. The summed E-state index contributed by atoms with van der Waals surface area (Å²) in [6.07, 6.45) is 0.798. The Labute approximate surface area is 203 Å². The molecule has 3 N–H and O–H groups in total. The number of anilines is 1. The molecule has 2 heterocycles. The average molecular weight is 476 g/mol. The lowest BCUT2D eigenvalue weighted by Gasteiger charge is -2.24. The van der Waals surface area contributed by atoms with Gasteiger partial charge in [0, 0.05) is 27.6 Å². The highest BCUT2D eigenvalue weighted by Crippen LogP contribution is 2.44. The zero-order chi connectivity index (χ0) is 24.5. The molecule has 176 valence electrons.